The minimum absolute atomic E-state index is 0.603. The van der Waals surface area contributed by atoms with Gasteiger partial charge in [0.15, 0.2) is 11.0 Å². The summed E-state index contributed by atoms with van der Waals surface area (Å²) in [5, 5.41) is 5.05. The zero-order chi connectivity index (χ0) is 15.5. The molecular weight excluding hydrogens is 296 g/mol. The van der Waals surface area contributed by atoms with Gasteiger partial charge in [0.25, 0.3) is 0 Å². The zero-order valence-electron chi connectivity index (χ0n) is 13.6. The second-order valence-corrected chi connectivity index (χ2v) is 6.92. The number of hydrogen-bond acceptors (Lipinski definition) is 5. The largest absolute Gasteiger partial charge is 0.338 e. The van der Waals surface area contributed by atoms with Gasteiger partial charge in [-0.2, -0.15) is 4.98 Å². The van der Waals surface area contributed by atoms with E-state index < -0.39 is 0 Å². The van der Waals surface area contributed by atoms with Crippen LogP contribution in [-0.4, -0.2) is 19.7 Å². The smallest absolute Gasteiger partial charge is 0.237 e. The van der Waals surface area contributed by atoms with Gasteiger partial charge >= 0.3 is 0 Å². The Hall–Kier alpha value is -1.30. The predicted octanol–water partition coefficient (Wildman–Crippen LogP) is 4.24. The highest BCUT2D eigenvalue weighted by molar-refractivity contribution is 7.98. The molecule has 1 saturated carbocycles. The number of imidazole rings is 1. The second-order valence-electron chi connectivity index (χ2n) is 5.97. The molecule has 0 bridgehead atoms. The Morgan fingerprint density at radius 2 is 1.95 bits per heavy atom. The lowest BCUT2D eigenvalue weighted by Crippen LogP contribution is -2.15. The summed E-state index contributed by atoms with van der Waals surface area (Å²) in [6, 6.07) is 0.603. The van der Waals surface area contributed by atoms with Crippen LogP contribution in [0, 0.1) is 13.8 Å². The third kappa shape index (κ3) is 3.21. The van der Waals surface area contributed by atoms with Crippen molar-refractivity contribution in [2.45, 2.75) is 76.2 Å². The third-order valence-electron chi connectivity index (χ3n) is 4.45. The molecule has 0 saturated heterocycles. The van der Waals surface area contributed by atoms with Crippen molar-refractivity contribution in [2.75, 3.05) is 0 Å². The Bertz CT molecular complexity index is 628. The van der Waals surface area contributed by atoms with Crippen molar-refractivity contribution >= 4 is 11.8 Å². The van der Waals surface area contributed by atoms with E-state index in [-0.39, 0.29) is 0 Å². The number of thioether (sulfide) groups is 1. The Balaban J connectivity index is 1.76. The summed E-state index contributed by atoms with van der Waals surface area (Å²) in [5.74, 6) is 2.16. The fourth-order valence-electron chi connectivity index (χ4n) is 3.09. The average molecular weight is 320 g/mol. The molecule has 0 N–H and O–H groups in total. The van der Waals surface area contributed by atoms with Crippen molar-refractivity contribution < 1.29 is 4.52 Å². The van der Waals surface area contributed by atoms with Crippen molar-refractivity contribution in [3.63, 3.8) is 0 Å². The van der Waals surface area contributed by atoms with Gasteiger partial charge in [0.2, 0.25) is 5.89 Å². The molecule has 3 rings (SSSR count). The quantitative estimate of drug-likeness (QED) is 0.771. The van der Waals surface area contributed by atoms with Gasteiger partial charge in [0.1, 0.15) is 0 Å². The molecule has 120 valence electrons. The van der Waals surface area contributed by atoms with Crippen LogP contribution in [0.3, 0.4) is 0 Å². The molecule has 0 amide bonds. The Kier molecular flexibility index (Phi) is 4.86. The first-order valence-electron chi connectivity index (χ1n) is 8.18. The number of aromatic nitrogens is 4. The van der Waals surface area contributed by atoms with Crippen LogP contribution in [0.1, 0.15) is 68.2 Å². The van der Waals surface area contributed by atoms with Gasteiger partial charge in [-0.3, -0.25) is 0 Å². The van der Waals surface area contributed by atoms with Crippen LogP contribution in [0.4, 0.5) is 0 Å². The Morgan fingerprint density at radius 1 is 1.18 bits per heavy atom. The molecule has 2 heterocycles. The molecule has 5 nitrogen and oxygen atoms in total. The molecule has 1 fully saturated rings. The zero-order valence-corrected chi connectivity index (χ0v) is 14.4. The molecule has 0 unspecified atom stereocenters. The summed E-state index contributed by atoms with van der Waals surface area (Å²) < 4.78 is 7.72. The minimum Gasteiger partial charge on any atom is -0.338 e. The Morgan fingerprint density at radius 3 is 2.64 bits per heavy atom. The van der Waals surface area contributed by atoms with E-state index in [0.717, 1.165) is 23.1 Å². The van der Waals surface area contributed by atoms with Crippen LogP contribution in [0.25, 0.3) is 0 Å². The van der Waals surface area contributed by atoms with Gasteiger partial charge in [-0.1, -0.05) is 43.1 Å². The van der Waals surface area contributed by atoms with Gasteiger partial charge in [-0.25, -0.2) is 4.98 Å². The van der Waals surface area contributed by atoms with Crippen LogP contribution in [0.5, 0.6) is 0 Å². The molecule has 1 aliphatic rings. The van der Waals surface area contributed by atoms with E-state index >= 15 is 0 Å². The van der Waals surface area contributed by atoms with Crippen LogP contribution >= 0.6 is 11.8 Å². The second kappa shape index (κ2) is 6.86. The first kappa shape index (κ1) is 15.6. The fourth-order valence-corrected chi connectivity index (χ4v) is 4.08. The normalized spacial score (nSPS) is 16.3. The first-order valence-corrected chi connectivity index (χ1v) is 9.17. The van der Waals surface area contributed by atoms with Crippen molar-refractivity contribution in [2.24, 2.45) is 0 Å². The average Bonchev–Trinajstić information content (AvgIpc) is 3.11. The highest BCUT2D eigenvalue weighted by Gasteiger charge is 2.22. The van der Waals surface area contributed by atoms with Crippen molar-refractivity contribution in [3.05, 3.63) is 23.1 Å². The molecule has 0 spiro atoms. The Labute approximate surface area is 135 Å². The van der Waals surface area contributed by atoms with Gasteiger partial charge < -0.3 is 9.09 Å². The highest BCUT2D eigenvalue weighted by atomic mass is 32.2. The lowest BCUT2D eigenvalue weighted by atomic mass is 9.95. The molecule has 2 aromatic rings. The topological polar surface area (TPSA) is 56.7 Å². The minimum atomic E-state index is 0.603. The maximum Gasteiger partial charge on any atom is 0.237 e. The number of aryl methyl sites for hydroxylation is 2. The van der Waals surface area contributed by atoms with Crippen LogP contribution in [-0.2, 0) is 12.2 Å². The number of rotatable bonds is 5. The van der Waals surface area contributed by atoms with Crippen molar-refractivity contribution in [1.29, 1.82) is 0 Å². The summed E-state index contributed by atoms with van der Waals surface area (Å²) in [4.78, 5) is 9.14. The summed E-state index contributed by atoms with van der Waals surface area (Å²) in [6.07, 6.45) is 7.37. The standard InChI is InChI=1S/C16H24N4OS/c1-4-14-18-15(21-19-14)10-22-16-17-11(2)12(3)20(16)13-8-6-5-7-9-13/h13H,4-10H2,1-3H3. The molecule has 0 aliphatic heterocycles. The van der Waals surface area contributed by atoms with E-state index in [0.29, 0.717) is 17.7 Å². The SMILES string of the molecule is CCc1noc(CSc2nc(C)c(C)n2C2CCCCC2)n1. The fraction of sp³-hybridized carbons (Fsp3) is 0.688. The van der Waals surface area contributed by atoms with Crippen molar-refractivity contribution in [1.82, 2.24) is 19.7 Å². The van der Waals surface area contributed by atoms with E-state index in [1.807, 2.05) is 6.92 Å². The molecule has 0 atom stereocenters. The maximum absolute atomic E-state index is 5.28. The van der Waals surface area contributed by atoms with E-state index in [1.165, 1.54) is 37.8 Å². The van der Waals surface area contributed by atoms with E-state index in [9.17, 15) is 0 Å². The lowest BCUT2D eigenvalue weighted by molar-refractivity contribution is 0.332. The third-order valence-corrected chi connectivity index (χ3v) is 5.38. The summed E-state index contributed by atoms with van der Waals surface area (Å²) >= 11 is 1.71. The predicted molar refractivity (Wildman–Crippen MR) is 87.1 cm³/mol. The number of hydrogen-bond donors (Lipinski definition) is 0. The highest BCUT2D eigenvalue weighted by Crippen LogP contribution is 2.34. The molecule has 6 heteroatoms. The van der Waals surface area contributed by atoms with E-state index in [4.69, 9.17) is 9.51 Å². The van der Waals surface area contributed by atoms with E-state index in [2.05, 4.69) is 28.6 Å². The molecule has 22 heavy (non-hydrogen) atoms. The van der Waals surface area contributed by atoms with Gasteiger partial charge in [-0.15, -0.1) is 0 Å². The van der Waals surface area contributed by atoms with E-state index in [1.54, 1.807) is 11.8 Å². The number of nitrogens with zero attached hydrogens (tertiary/aromatic N) is 4. The van der Waals surface area contributed by atoms with Crippen molar-refractivity contribution in [3.8, 4) is 0 Å². The monoisotopic (exact) mass is 320 g/mol. The summed E-state index contributed by atoms with van der Waals surface area (Å²) in [5.41, 5.74) is 2.43. The van der Waals surface area contributed by atoms with Crippen LogP contribution < -0.4 is 0 Å². The van der Waals surface area contributed by atoms with Crippen LogP contribution in [0.15, 0.2) is 9.68 Å². The first-order chi connectivity index (χ1) is 10.7. The van der Waals surface area contributed by atoms with Gasteiger partial charge in [-0.05, 0) is 26.7 Å². The molecule has 0 radical (unpaired) electrons. The van der Waals surface area contributed by atoms with Crippen LogP contribution in [0.2, 0.25) is 0 Å². The molecular formula is C16H24N4OS. The molecule has 1 aliphatic carbocycles. The summed E-state index contributed by atoms with van der Waals surface area (Å²) in [6.45, 7) is 6.31. The lowest BCUT2D eigenvalue weighted by Gasteiger charge is -2.25. The molecule has 0 aromatic carbocycles. The maximum atomic E-state index is 5.28. The summed E-state index contributed by atoms with van der Waals surface area (Å²) in [7, 11) is 0. The van der Waals surface area contributed by atoms with Gasteiger partial charge in [0, 0.05) is 18.2 Å². The van der Waals surface area contributed by atoms with Gasteiger partial charge in [0.05, 0.1) is 11.4 Å². The molecule has 2 aromatic heterocycles.